The van der Waals surface area contributed by atoms with E-state index in [1.165, 1.54) is 4.80 Å². The molecule has 2 aromatic heterocycles. The Kier molecular flexibility index (Phi) is 4.72. The SMILES string of the molecule is CC(C)(C)c1ccc(O)c(-n2nc3ccccc3n2)c1.c1ccc2n[nH]nc2c1. The monoisotopic (exact) mass is 386 g/mol. The predicted octanol–water partition coefficient (Wildman–Crippen LogP) is 4.38. The molecule has 7 heteroatoms. The fourth-order valence-corrected chi connectivity index (χ4v) is 2.90. The summed E-state index contributed by atoms with van der Waals surface area (Å²) in [5.74, 6) is 0.179. The number of nitrogens with one attached hydrogen (secondary N) is 1. The van der Waals surface area contributed by atoms with Gasteiger partial charge in [-0.05, 0) is 47.4 Å². The fourth-order valence-electron chi connectivity index (χ4n) is 2.90. The molecule has 7 nitrogen and oxygen atoms in total. The lowest BCUT2D eigenvalue weighted by atomic mass is 9.87. The first-order valence-corrected chi connectivity index (χ1v) is 9.33. The molecule has 0 aliphatic rings. The molecule has 0 radical (unpaired) electrons. The zero-order valence-corrected chi connectivity index (χ0v) is 16.5. The molecule has 0 spiro atoms. The second kappa shape index (κ2) is 7.35. The standard InChI is InChI=1S/C16H17N3O.C6H5N3/c1-16(2,3)11-8-9-15(20)14(10-11)19-17-12-6-4-5-7-13(12)18-19;1-2-4-6-5(3-1)7-9-8-6/h4-10,20H,1-3H3;1-4H,(H,7,8,9). The molecule has 0 unspecified atom stereocenters. The summed E-state index contributed by atoms with van der Waals surface area (Å²) in [7, 11) is 0. The summed E-state index contributed by atoms with van der Waals surface area (Å²) in [5, 5.41) is 29.2. The Balaban J connectivity index is 0.000000188. The summed E-state index contributed by atoms with van der Waals surface area (Å²) in [4.78, 5) is 1.50. The highest BCUT2D eigenvalue weighted by molar-refractivity contribution is 5.74. The molecule has 5 rings (SSSR count). The molecule has 0 bridgehead atoms. The van der Waals surface area contributed by atoms with Crippen LogP contribution in [0.2, 0.25) is 0 Å². The van der Waals surface area contributed by atoms with Crippen molar-refractivity contribution < 1.29 is 5.11 Å². The molecule has 0 saturated carbocycles. The van der Waals surface area contributed by atoms with Crippen molar-refractivity contribution >= 4 is 22.1 Å². The minimum Gasteiger partial charge on any atom is -0.506 e. The van der Waals surface area contributed by atoms with Crippen molar-refractivity contribution in [3.8, 4) is 11.4 Å². The maximum absolute atomic E-state index is 10.1. The summed E-state index contributed by atoms with van der Waals surface area (Å²) in [6.45, 7) is 6.41. The highest BCUT2D eigenvalue weighted by Crippen LogP contribution is 2.29. The topological polar surface area (TPSA) is 92.5 Å². The van der Waals surface area contributed by atoms with Gasteiger partial charge in [-0.1, -0.05) is 51.1 Å². The lowest BCUT2D eigenvalue weighted by Crippen LogP contribution is -2.12. The molecule has 3 aromatic carbocycles. The van der Waals surface area contributed by atoms with Gasteiger partial charge in [-0.15, -0.1) is 15.0 Å². The maximum atomic E-state index is 10.1. The average molecular weight is 386 g/mol. The second-order valence-corrected chi connectivity index (χ2v) is 7.74. The molecule has 0 aliphatic heterocycles. The Morgan fingerprint density at radius 1 is 0.759 bits per heavy atom. The number of hydrogen-bond acceptors (Lipinski definition) is 5. The number of para-hydroxylation sites is 2. The molecule has 0 aliphatic carbocycles. The van der Waals surface area contributed by atoms with Crippen LogP contribution < -0.4 is 0 Å². The predicted molar refractivity (Wildman–Crippen MR) is 113 cm³/mol. The van der Waals surface area contributed by atoms with Crippen LogP contribution in [0.1, 0.15) is 26.3 Å². The van der Waals surface area contributed by atoms with Gasteiger partial charge in [0.1, 0.15) is 33.5 Å². The molecule has 0 atom stereocenters. The molecule has 0 amide bonds. The maximum Gasteiger partial charge on any atom is 0.143 e. The van der Waals surface area contributed by atoms with E-state index in [2.05, 4.69) is 46.4 Å². The first-order valence-electron chi connectivity index (χ1n) is 9.33. The number of rotatable bonds is 1. The van der Waals surface area contributed by atoms with Crippen molar-refractivity contribution in [2.75, 3.05) is 0 Å². The van der Waals surface area contributed by atoms with Crippen molar-refractivity contribution in [1.29, 1.82) is 0 Å². The Morgan fingerprint density at radius 2 is 1.28 bits per heavy atom. The third-order valence-corrected chi connectivity index (χ3v) is 4.57. The molecule has 2 heterocycles. The number of phenols is 1. The van der Waals surface area contributed by atoms with Crippen LogP contribution in [0.3, 0.4) is 0 Å². The number of benzene rings is 3. The molecular formula is C22H22N6O. The highest BCUT2D eigenvalue weighted by atomic mass is 16.3. The molecule has 0 fully saturated rings. The Morgan fingerprint density at radius 3 is 1.79 bits per heavy atom. The van der Waals surface area contributed by atoms with Crippen molar-refractivity contribution in [3.63, 3.8) is 0 Å². The van der Waals surface area contributed by atoms with E-state index in [0.29, 0.717) is 5.69 Å². The summed E-state index contributed by atoms with van der Waals surface area (Å²) in [6, 6.07) is 20.9. The first kappa shape index (κ1) is 18.6. The number of fused-ring (bicyclic) bond motifs is 2. The van der Waals surface area contributed by atoms with Crippen LogP contribution in [-0.4, -0.2) is 35.5 Å². The minimum absolute atomic E-state index is 0.00895. The number of phenolic OH excluding ortho intramolecular Hbond substituents is 1. The largest absolute Gasteiger partial charge is 0.506 e. The normalized spacial score (nSPS) is 11.4. The van der Waals surface area contributed by atoms with Gasteiger partial charge in [0.15, 0.2) is 0 Å². The number of aromatic nitrogens is 6. The van der Waals surface area contributed by atoms with Gasteiger partial charge in [-0.3, -0.25) is 0 Å². The molecule has 0 saturated heterocycles. The van der Waals surface area contributed by atoms with Crippen molar-refractivity contribution in [2.24, 2.45) is 0 Å². The molecule has 5 aromatic rings. The zero-order chi connectivity index (χ0) is 20.4. The summed E-state index contributed by atoms with van der Waals surface area (Å²) < 4.78 is 0. The van der Waals surface area contributed by atoms with Crippen molar-refractivity contribution in [2.45, 2.75) is 26.2 Å². The Hall–Kier alpha value is -3.74. The van der Waals surface area contributed by atoms with Crippen LogP contribution in [-0.2, 0) is 5.41 Å². The van der Waals surface area contributed by atoms with E-state index >= 15 is 0 Å². The third kappa shape index (κ3) is 3.94. The highest BCUT2D eigenvalue weighted by Gasteiger charge is 2.17. The lowest BCUT2D eigenvalue weighted by Gasteiger charge is -2.19. The van der Waals surface area contributed by atoms with Gasteiger partial charge in [0.2, 0.25) is 0 Å². The number of nitrogens with zero attached hydrogens (tertiary/aromatic N) is 5. The number of aromatic amines is 1. The molecule has 146 valence electrons. The van der Waals surface area contributed by atoms with Crippen LogP contribution in [0.25, 0.3) is 27.8 Å². The molecule has 29 heavy (non-hydrogen) atoms. The van der Waals surface area contributed by atoms with E-state index < -0.39 is 0 Å². The molecule has 2 N–H and O–H groups in total. The number of hydrogen-bond donors (Lipinski definition) is 2. The van der Waals surface area contributed by atoms with Gasteiger partial charge in [0, 0.05) is 0 Å². The Bertz CT molecular complexity index is 1200. The van der Waals surface area contributed by atoms with Gasteiger partial charge in [-0.2, -0.15) is 15.4 Å². The van der Waals surface area contributed by atoms with Crippen LogP contribution in [0.4, 0.5) is 0 Å². The quantitative estimate of drug-likeness (QED) is 0.446. The van der Waals surface area contributed by atoms with Gasteiger partial charge in [0.05, 0.1) is 0 Å². The van der Waals surface area contributed by atoms with E-state index in [1.807, 2.05) is 60.7 Å². The first-order chi connectivity index (χ1) is 13.9. The smallest absolute Gasteiger partial charge is 0.143 e. The second-order valence-electron chi connectivity index (χ2n) is 7.74. The van der Waals surface area contributed by atoms with Crippen LogP contribution in [0.5, 0.6) is 5.75 Å². The fraction of sp³-hybridized carbons (Fsp3) is 0.182. The molecular weight excluding hydrogens is 364 g/mol. The van der Waals surface area contributed by atoms with Gasteiger partial charge in [0.25, 0.3) is 0 Å². The van der Waals surface area contributed by atoms with Crippen LogP contribution in [0, 0.1) is 0 Å². The average Bonchev–Trinajstić information content (AvgIpc) is 3.34. The number of aromatic hydroxyl groups is 1. The Labute approximate surface area is 168 Å². The van der Waals surface area contributed by atoms with E-state index in [1.54, 1.807) is 6.07 Å². The van der Waals surface area contributed by atoms with Crippen molar-refractivity contribution in [1.82, 2.24) is 30.4 Å². The van der Waals surface area contributed by atoms with Gasteiger partial charge < -0.3 is 5.11 Å². The van der Waals surface area contributed by atoms with E-state index in [0.717, 1.165) is 27.6 Å². The summed E-state index contributed by atoms with van der Waals surface area (Å²) in [5.41, 5.74) is 5.20. The number of H-pyrrole nitrogens is 1. The van der Waals surface area contributed by atoms with Gasteiger partial charge in [-0.25, -0.2) is 0 Å². The lowest BCUT2D eigenvalue weighted by molar-refractivity contribution is 0.466. The van der Waals surface area contributed by atoms with E-state index in [-0.39, 0.29) is 11.2 Å². The minimum atomic E-state index is 0.00895. The summed E-state index contributed by atoms with van der Waals surface area (Å²) in [6.07, 6.45) is 0. The summed E-state index contributed by atoms with van der Waals surface area (Å²) >= 11 is 0. The van der Waals surface area contributed by atoms with Gasteiger partial charge >= 0.3 is 0 Å². The third-order valence-electron chi connectivity index (χ3n) is 4.57. The zero-order valence-electron chi connectivity index (χ0n) is 16.5. The van der Waals surface area contributed by atoms with Crippen LogP contribution >= 0.6 is 0 Å². The van der Waals surface area contributed by atoms with E-state index in [9.17, 15) is 5.11 Å². The van der Waals surface area contributed by atoms with Crippen LogP contribution in [0.15, 0.2) is 66.7 Å². The van der Waals surface area contributed by atoms with Crippen molar-refractivity contribution in [3.05, 3.63) is 72.3 Å². The van der Waals surface area contributed by atoms with E-state index in [4.69, 9.17) is 0 Å².